The van der Waals surface area contributed by atoms with Crippen molar-refractivity contribution < 1.29 is 44.0 Å². The van der Waals surface area contributed by atoms with Crippen molar-refractivity contribution in [1.29, 1.82) is 0 Å². The number of hydrogen-bond donors (Lipinski definition) is 4. The highest BCUT2D eigenvalue weighted by Gasteiger charge is 2.36. The van der Waals surface area contributed by atoms with Gasteiger partial charge in [-0.15, -0.1) is 0 Å². The number of piperazine rings is 1. The number of fused-ring (bicyclic) bond motifs is 2. The highest BCUT2D eigenvalue weighted by molar-refractivity contribution is 6.36. The Balaban J connectivity index is 0.935. The van der Waals surface area contributed by atoms with Gasteiger partial charge in [-0.1, -0.05) is 55.3 Å². The maximum Gasteiger partial charge on any atom is 0.318 e. The summed E-state index contributed by atoms with van der Waals surface area (Å²) < 4.78 is 6.58. The van der Waals surface area contributed by atoms with Crippen molar-refractivity contribution in [2.24, 2.45) is 0 Å². The molecule has 0 unspecified atom stereocenters. The van der Waals surface area contributed by atoms with E-state index in [4.69, 9.17) is 32.9 Å². The molecule has 430 valence electrons. The van der Waals surface area contributed by atoms with Gasteiger partial charge in [-0.05, 0) is 96.5 Å². The van der Waals surface area contributed by atoms with Gasteiger partial charge in [0.05, 0.1) is 43.4 Å². The summed E-state index contributed by atoms with van der Waals surface area (Å²) in [5.74, 6) is -2.59. The van der Waals surface area contributed by atoms with Crippen molar-refractivity contribution in [1.82, 2.24) is 44.7 Å². The molecule has 4 aliphatic rings. The van der Waals surface area contributed by atoms with Crippen molar-refractivity contribution in [3.05, 3.63) is 76.8 Å². The van der Waals surface area contributed by atoms with Gasteiger partial charge >= 0.3 is 23.9 Å². The van der Waals surface area contributed by atoms with E-state index in [9.17, 15) is 39.3 Å². The molecule has 21 nitrogen and oxygen atoms in total. The van der Waals surface area contributed by atoms with Gasteiger partial charge in [0, 0.05) is 106 Å². The molecule has 3 saturated heterocycles. The number of carbonyl (C=O) groups excluding carboxylic acids is 2. The Morgan fingerprint density at radius 2 is 1.35 bits per heavy atom. The molecule has 0 radical (unpaired) electrons. The molecule has 0 spiro atoms. The van der Waals surface area contributed by atoms with Crippen molar-refractivity contribution in [2.75, 3.05) is 121 Å². The number of carboxylic acid groups (broad SMARTS) is 3. The van der Waals surface area contributed by atoms with E-state index in [1.807, 2.05) is 54.5 Å². The molecule has 3 aromatic rings. The Kier molecular flexibility index (Phi) is 22.1. The first kappa shape index (κ1) is 60.5. The lowest BCUT2D eigenvalue weighted by Crippen LogP contribution is -2.58. The van der Waals surface area contributed by atoms with Crippen LogP contribution in [-0.4, -0.2) is 232 Å². The Morgan fingerprint density at radius 3 is 1.96 bits per heavy atom. The number of aromatic nitrogens is 2. The largest absolute Gasteiger partial charge is 0.480 e. The van der Waals surface area contributed by atoms with Crippen LogP contribution >= 0.6 is 11.6 Å². The third-order valence-corrected chi connectivity index (χ3v) is 16.5. The molecule has 3 fully saturated rings. The van der Waals surface area contributed by atoms with Gasteiger partial charge < -0.3 is 44.9 Å². The fourth-order valence-corrected chi connectivity index (χ4v) is 12.2. The first-order valence-corrected chi connectivity index (χ1v) is 28.4. The van der Waals surface area contributed by atoms with Gasteiger partial charge in [0.15, 0.2) is 0 Å². The van der Waals surface area contributed by atoms with Crippen LogP contribution in [0.5, 0.6) is 6.01 Å². The molecule has 2 amide bonds. The predicted octanol–water partition coefficient (Wildman–Crippen LogP) is 4.52. The first-order chi connectivity index (χ1) is 37.9. The lowest BCUT2D eigenvalue weighted by atomic mass is 10.0. The van der Waals surface area contributed by atoms with E-state index in [1.54, 1.807) is 9.80 Å². The number of ether oxygens (including phenoxy) is 1. The van der Waals surface area contributed by atoms with Crippen LogP contribution in [0.1, 0.15) is 77.5 Å². The van der Waals surface area contributed by atoms with Crippen molar-refractivity contribution >= 4 is 63.6 Å². The number of nitrogens with zero attached hydrogens (tertiary/aromatic N) is 11. The number of halogens is 1. The Morgan fingerprint density at radius 1 is 0.747 bits per heavy atom. The smallest absolute Gasteiger partial charge is 0.318 e. The van der Waals surface area contributed by atoms with E-state index < -0.39 is 17.9 Å². The molecule has 4 aliphatic heterocycles. The summed E-state index contributed by atoms with van der Waals surface area (Å²) in [6, 6.07) is 11.1. The van der Waals surface area contributed by atoms with E-state index in [1.165, 1.54) is 6.08 Å². The summed E-state index contributed by atoms with van der Waals surface area (Å²) in [5, 5.41) is 35.3. The number of rotatable bonds is 22. The van der Waals surface area contributed by atoms with Gasteiger partial charge in [0.25, 0.3) is 0 Å². The Bertz CT molecular complexity index is 2640. The molecule has 2 aromatic carbocycles. The van der Waals surface area contributed by atoms with Crippen LogP contribution < -0.4 is 19.9 Å². The van der Waals surface area contributed by atoms with Gasteiger partial charge in [-0.25, -0.2) is 6.57 Å². The average Bonchev–Trinajstić information content (AvgIpc) is 3.96. The van der Waals surface area contributed by atoms with Gasteiger partial charge in [-0.3, -0.25) is 48.5 Å². The fourth-order valence-electron chi connectivity index (χ4n) is 11.9. The zero-order chi connectivity index (χ0) is 56.8. The summed E-state index contributed by atoms with van der Waals surface area (Å²) >= 11 is 6.81. The number of nitrogens with one attached hydrogen (secondary N) is 1. The van der Waals surface area contributed by atoms with Crippen molar-refractivity contribution in [3.8, 4) is 6.01 Å². The number of aliphatic carboxylic acids is 3. The third-order valence-electron chi connectivity index (χ3n) is 16.2. The van der Waals surface area contributed by atoms with Gasteiger partial charge in [0.2, 0.25) is 18.4 Å². The quantitative estimate of drug-likeness (QED) is 0.0617. The van der Waals surface area contributed by atoms with Crippen LogP contribution in [-0.2, 0) is 36.9 Å². The number of carboxylic acids is 3. The minimum absolute atomic E-state index is 0.0521. The Labute approximate surface area is 469 Å². The van der Waals surface area contributed by atoms with Crippen molar-refractivity contribution in [2.45, 2.75) is 115 Å². The molecule has 79 heavy (non-hydrogen) atoms. The summed E-state index contributed by atoms with van der Waals surface area (Å²) in [6.07, 6.45) is 7.74. The molecule has 4 N–H and O–H groups in total. The number of likely N-dealkylation sites (tertiary alicyclic amines) is 1. The predicted molar refractivity (Wildman–Crippen MR) is 304 cm³/mol. The molecule has 0 aliphatic carbocycles. The van der Waals surface area contributed by atoms with Crippen LogP contribution in [0.3, 0.4) is 0 Å². The number of carbonyl (C=O) groups is 5. The van der Waals surface area contributed by atoms with Crippen LogP contribution in [0.4, 0.5) is 11.5 Å². The lowest BCUT2D eigenvalue weighted by Gasteiger charge is -2.43. The first-order valence-electron chi connectivity index (χ1n) is 28.0. The maximum absolute atomic E-state index is 13.6. The SMILES string of the molecule is [C-]#[N+]C[C@H]1CN(c2nc(OC[C@@H]3CCCN3CCCCCCNC(=O)CN3C[C@H](C)N(CC(=O)O)C[C@H](C)N(CC(=O)O)C[C@H](C)N(CC(=O)O)C[C@@H]3C)nc3c2CCN(c2cccc4cccc(Cl)c24)C3)CCN1C(=O)C=C. The molecular weight excluding hydrogens is 1030 g/mol. The second kappa shape index (κ2) is 28.8. The lowest BCUT2D eigenvalue weighted by molar-refractivity contribution is -0.142. The minimum Gasteiger partial charge on any atom is -0.480 e. The third kappa shape index (κ3) is 16.5. The monoisotopic (exact) mass is 1110 g/mol. The zero-order valence-corrected chi connectivity index (χ0v) is 47.2. The highest BCUT2D eigenvalue weighted by Crippen LogP contribution is 2.37. The molecule has 22 heteroatoms. The average molecular weight is 1110 g/mol. The summed E-state index contributed by atoms with van der Waals surface area (Å²) in [4.78, 5) is 92.3. The van der Waals surface area contributed by atoms with E-state index in [0.29, 0.717) is 69.9 Å². The van der Waals surface area contributed by atoms with Crippen LogP contribution in [0, 0.1) is 6.57 Å². The zero-order valence-electron chi connectivity index (χ0n) is 46.5. The molecule has 7 rings (SSSR count). The fraction of sp³-hybridized carbons (Fsp3) is 0.614. The van der Waals surface area contributed by atoms with Gasteiger partial charge in [-0.2, -0.15) is 9.97 Å². The molecule has 5 heterocycles. The highest BCUT2D eigenvalue weighted by atomic mass is 35.5. The molecule has 0 bridgehead atoms. The van der Waals surface area contributed by atoms with Crippen molar-refractivity contribution in [3.63, 3.8) is 0 Å². The van der Waals surface area contributed by atoms with E-state index in [0.717, 1.165) is 91.7 Å². The van der Waals surface area contributed by atoms with Gasteiger partial charge in [0.1, 0.15) is 18.5 Å². The number of hydrogen-bond acceptors (Lipinski definition) is 15. The maximum atomic E-state index is 13.6. The topological polar surface area (TPSA) is 223 Å². The minimum atomic E-state index is -1.02. The number of unbranched alkanes of at least 4 members (excludes halogenated alkanes) is 3. The van der Waals surface area contributed by atoms with E-state index >= 15 is 0 Å². The Hall–Kier alpha value is -6.15. The molecule has 1 aromatic heterocycles. The van der Waals surface area contributed by atoms with Crippen LogP contribution in [0.2, 0.25) is 5.02 Å². The second-order valence-electron chi connectivity index (χ2n) is 21.9. The normalized spacial score (nSPS) is 23.3. The molecule has 0 saturated carbocycles. The number of amides is 2. The summed E-state index contributed by atoms with van der Waals surface area (Å²) in [7, 11) is 0. The van der Waals surface area contributed by atoms with Crippen LogP contribution in [0.25, 0.3) is 15.6 Å². The van der Waals surface area contributed by atoms with Crippen LogP contribution in [0.15, 0.2) is 49.1 Å². The second-order valence-corrected chi connectivity index (χ2v) is 22.3. The number of benzene rings is 2. The number of anilines is 2. The molecular formula is C57H81ClN12O9. The molecule has 6 atom stereocenters. The standard InChI is InChI=1S/C57H81ClN12O9/c1-7-51(72)70-26-25-65(32-45(70)27-59-6)56-46-20-24-64(49-19-13-16-43-15-12-18-47(58)55(43)49)33-48(46)61-57(62-56)79-38-44-17-14-23-63(44)22-11-9-8-10-21-60-50(71)34-66-28-40(3)68(36-53(75)76)30-42(5)69(37-54(77)78)31-41(4)67(29-39(66)2)35-52(73)74/h7,12-13,15-16,18-19,39-42,44-45H,1,8-11,14,17,20-38H2,2-5H3,(H,60,71)(H,73,74)(H,75,76)(H,77,78)/t39-,40-,41-,42-,44-,45-/m0/s1. The van der Waals surface area contributed by atoms with E-state index in [-0.39, 0.29) is 93.9 Å². The van der Waals surface area contributed by atoms with E-state index in [2.05, 4.69) is 55.7 Å². The summed E-state index contributed by atoms with van der Waals surface area (Å²) in [6.45, 7) is 25.1. The summed E-state index contributed by atoms with van der Waals surface area (Å²) in [5.41, 5.74) is 2.97.